The van der Waals surface area contributed by atoms with E-state index in [0.717, 1.165) is 13.0 Å². The molecule has 1 heterocycles. The first-order valence-corrected chi connectivity index (χ1v) is 8.28. The van der Waals surface area contributed by atoms with Gasteiger partial charge in [0.2, 0.25) is 0 Å². The van der Waals surface area contributed by atoms with Crippen LogP contribution >= 0.6 is 11.8 Å². The zero-order chi connectivity index (χ0) is 13.7. The van der Waals surface area contributed by atoms with E-state index >= 15 is 0 Å². The van der Waals surface area contributed by atoms with Gasteiger partial charge in [0, 0.05) is 18.8 Å². The van der Waals surface area contributed by atoms with Crippen LogP contribution in [0.25, 0.3) is 10.9 Å². The number of hydrogen-bond acceptors (Lipinski definition) is 2. The standard InChI is InChI=1S/C16H24N2S/c1-3-19-11-5-9-18-10-8-14-6-4-7-15(16(14)18)12-13(2)17/h4,6-8,10,13H,3,5,9,11-12,17H2,1-2H3. The summed E-state index contributed by atoms with van der Waals surface area (Å²) in [5, 5.41) is 1.33. The van der Waals surface area contributed by atoms with Gasteiger partial charge < -0.3 is 10.3 Å². The molecule has 0 aliphatic carbocycles. The molecule has 1 atom stereocenters. The number of para-hydroxylation sites is 1. The Morgan fingerprint density at radius 1 is 1.32 bits per heavy atom. The molecule has 0 radical (unpaired) electrons. The van der Waals surface area contributed by atoms with Crippen LogP contribution in [0.2, 0.25) is 0 Å². The average Bonchev–Trinajstić information content (AvgIpc) is 2.78. The van der Waals surface area contributed by atoms with Gasteiger partial charge >= 0.3 is 0 Å². The zero-order valence-electron chi connectivity index (χ0n) is 11.9. The fourth-order valence-corrected chi connectivity index (χ4v) is 3.14. The summed E-state index contributed by atoms with van der Waals surface area (Å²) < 4.78 is 2.39. The minimum Gasteiger partial charge on any atom is -0.347 e. The summed E-state index contributed by atoms with van der Waals surface area (Å²) in [6.45, 7) is 5.40. The Bertz CT molecular complexity index is 516. The minimum atomic E-state index is 0.213. The number of nitrogens with two attached hydrogens (primary N) is 1. The number of hydrogen-bond donors (Lipinski definition) is 1. The van der Waals surface area contributed by atoms with E-state index in [0.29, 0.717) is 0 Å². The van der Waals surface area contributed by atoms with Gasteiger partial charge in [-0.3, -0.25) is 0 Å². The van der Waals surface area contributed by atoms with Crippen LogP contribution in [0.5, 0.6) is 0 Å². The second-order valence-electron chi connectivity index (χ2n) is 5.10. The van der Waals surface area contributed by atoms with Gasteiger partial charge in [0.05, 0.1) is 5.52 Å². The highest BCUT2D eigenvalue weighted by Crippen LogP contribution is 2.22. The maximum Gasteiger partial charge on any atom is 0.0513 e. The summed E-state index contributed by atoms with van der Waals surface area (Å²) in [7, 11) is 0. The van der Waals surface area contributed by atoms with Gasteiger partial charge in [0.15, 0.2) is 0 Å². The number of thioether (sulfide) groups is 1. The van der Waals surface area contributed by atoms with E-state index < -0.39 is 0 Å². The molecule has 1 aromatic heterocycles. The third-order valence-corrected chi connectivity index (χ3v) is 4.29. The molecule has 19 heavy (non-hydrogen) atoms. The minimum absolute atomic E-state index is 0.213. The Hall–Kier alpha value is -0.930. The molecule has 0 aliphatic rings. The summed E-state index contributed by atoms with van der Waals surface area (Å²) >= 11 is 2.02. The topological polar surface area (TPSA) is 30.9 Å². The summed E-state index contributed by atoms with van der Waals surface area (Å²) in [6, 6.07) is 8.97. The Morgan fingerprint density at radius 3 is 2.89 bits per heavy atom. The quantitative estimate of drug-likeness (QED) is 0.782. The van der Waals surface area contributed by atoms with Gasteiger partial charge in [-0.1, -0.05) is 25.1 Å². The average molecular weight is 276 g/mol. The number of aryl methyl sites for hydroxylation is 1. The first kappa shape index (κ1) is 14.5. The van der Waals surface area contributed by atoms with Gasteiger partial charge in [0.25, 0.3) is 0 Å². The SMILES string of the molecule is CCSCCCn1ccc2cccc(CC(C)N)c21. The van der Waals surface area contributed by atoms with E-state index in [9.17, 15) is 0 Å². The highest BCUT2D eigenvalue weighted by atomic mass is 32.2. The number of nitrogens with zero attached hydrogens (tertiary/aromatic N) is 1. The van der Waals surface area contributed by atoms with Crippen molar-refractivity contribution in [3.05, 3.63) is 36.0 Å². The van der Waals surface area contributed by atoms with Crippen molar-refractivity contribution >= 4 is 22.7 Å². The number of fused-ring (bicyclic) bond motifs is 1. The zero-order valence-corrected chi connectivity index (χ0v) is 12.7. The molecular weight excluding hydrogens is 252 g/mol. The van der Waals surface area contributed by atoms with E-state index in [2.05, 4.69) is 48.9 Å². The molecule has 2 nitrogen and oxygen atoms in total. The summed E-state index contributed by atoms with van der Waals surface area (Å²) in [5.74, 6) is 2.45. The second kappa shape index (κ2) is 7.01. The van der Waals surface area contributed by atoms with Crippen molar-refractivity contribution in [2.24, 2.45) is 5.73 Å². The lowest BCUT2D eigenvalue weighted by molar-refractivity contribution is 0.697. The van der Waals surface area contributed by atoms with Crippen molar-refractivity contribution in [2.45, 2.75) is 39.3 Å². The molecule has 0 amide bonds. The molecule has 3 heteroatoms. The van der Waals surface area contributed by atoms with Crippen molar-refractivity contribution in [1.82, 2.24) is 4.57 Å². The van der Waals surface area contributed by atoms with Gasteiger partial charge in [0.1, 0.15) is 0 Å². The fourth-order valence-electron chi connectivity index (χ4n) is 2.52. The van der Waals surface area contributed by atoms with Crippen molar-refractivity contribution in [2.75, 3.05) is 11.5 Å². The maximum absolute atomic E-state index is 5.96. The molecule has 1 aromatic carbocycles. The Balaban J connectivity index is 2.19. The maximum atomic E-state index is 5.96. The predicted octanol–water partition coefficient (Wildman–Crippen LogP) is 3.67. The number of rotatable bonds is 7. The van der Waals surface area contributed by atoms with Crippen LogP contribution in [0.3, 0.4) is 0 Å². The smallest absolute Gasteiger partial charge is 0.0513 e. The molecule has 0 saturated heterocycles. The van der Waals surface area contributed by atoms with Crippen molar-refractivity contribution < 1.29 is 0 Å². The van der Waals surface area contributed by atoms with E-state index in [-0.39, 0.29) is 6.04 Å². The third kappa shape index (κ3) is 3.77. The highest BCUT2D eigenvalue weighted by molar-refractivity contribution is 7.99. The van der Waals surface area contributed by atoms with Gasteiger partial charge in [-0.25, -0.2) is 0 Å². The molecule has 2 rings (SSSR count). The van der Waals surface area contributed by atoms with Gasteiger partial charge in [-0.15, -0.1) is 0 Å². The molecule has 0 aliphatic heterocycles. The number of benzene rings is 1. The third-order valence-electron chi connectivity index (χ3n) is 3.31. The van der Waals surface area contributed by atoms with Crippen molar-refractivity contribution in [1.29, 1.82) is 0 Å². The number of aromatic nitrogens is 1. The highest BCUT2D eigenvalue weighted by Gasteiger charge is 2.08. The molecular formula is C16H24N2S. The lowest BCUT2D eigenvalue weighted by atomic mass is 10.0. The molecule has 0 fully saturated rings. The monoisotopic (exact) mass is 276 g/mol. The summed E-state index contributed by atoms with van der Waals surface area (Å²) in [4.78, 5) is 0. The molecule has 0 saturated carbocycles. The van der Waals surface area contributed by atoms with Crippen molar-refractivity contribution in [3.63, 3.8) is 0 Å². The molecule has 2 N–H and O–H groups in total. The normalized spacial score (nSPS) is 13.0. The Labute approximate surface area is 120 Å². The van der Waals surface area contributed by atoms with E-state index in [4.69, 9.17) is 5.73 Å². The Morgan fingerprint density at radius 2 is 2.16 bits per heavy atom. The van der Waals surface area contributed by atoms with Crippen LogP contribution in [0.1, 0.15) is 25.8 Å². The molecule has 0 bridgehead atoms. The van der Waals surface area contributed by atoms with E-state index in [1.165, 1.54) is 34.4 Å². The summed E-state index contributed by atoms with van der Waals surface area (Å²) in [5.41, 5.74) is 8.71. The first-order chi connectivity index (χ1) is 9.22. The van der Waals surface area contributed by atoms with E-state index in [1.54, 1.807) is 0 Å². The van der Waals surface area contributed by atoms with Crippen LogP contribution in [0.15, 0.2) is 30.5 Å². The van der Waals surface area contributed by atoms with Crippen LogP contribution in [0, 0.1) is 0 Å². The molecule has 2 aromatic rings. The lowest BCUT2D eigenvalue weighted by Gasteiger charge is -2.11. The molecule has 0 spiro atoms. The predicted molar refractivity (Wildman–Crippen MR) is 86.9 cm³/mol. The van der Waals surface area contributed by atoms with Crippen LogP contribution in [-0.2, 0) is 13.0 Å². The van der Waals surface area contributed by atoms with Gasteiger partial charge in [-0.05, 0) is 48.3 Å². The Kier molecular flexibility index (Phi) is 5.34. The van der Waals surface area contributed by atoms with Crippen molar-refractivity contribution in [3.8, 4) is 0 Å². The second-order valence-corrected chi connectivity index (χ2v) is 6.49. The van der Waals surface area contributed by atoms with Crippen LogP contribution in [-0.4, -0.2) is 22.1 Å². The molecule has 104 valence electrons. The molecule has 1 unspecified atom stereocenters. The van der Waals surface area contributed by atoms with Gasteiger partial charge in [-0.2, -0.15) is 11.8 Å². The fraction of sp³-hybridized carbons (Fsp3) is 0.500. The lowest BCUT2D eigenvalue weighted by Crippen LogP contribution is -2.18. The van der Waals surface area contributed by atoms with E-state index in [1.807, 2.05) is 11.8 Å². The largest absolute Gasteiger partial charge is 0.347 e. The van der Waals surface area contributed by atoms with Crippen LogP contribution in [0.4, 0.5) is 0 Å². The summed E-state index contributed by atoms with van der Waals surface area (Å²) in [6.07, 6.45) is 4.39. The first-order valence-electron chi connectivity index (χ1n) is 7.12. The van der Waals surface area contributed by atoms with Crippen LogP contribution < -0.4 is 5.73 Å².